The molecule has 0 aliphatic heterocycles. The van der Waals surface area contributed by atoms with Crippen LogP contribution in [-0.4, -0.2) is 4.98 Å². The van der Waals surface area contributed by atoms with E-state index < -0.39 is 0 Å². The smallest absolute Gasteiger partial charge is 0.194 e. The third kappa shape index (κ3) is 0.939. The number of aromatic amines is 1. The maximum absolute atomic E-state index is 12.7. The Morgan fingerprint density at radius 2 is 2.00 bits per heavy atom. The second kappa shape index (κ2) is 2.45. The van der Waals surface area contributed by atoms with Crippen molar-refractivity contribution in [2.24, 2.45) is 0 Å². The van der Waals surface area contributed by atoms with E-state index in [-0.39, 0.29) is 5.95 Å². The lowest BCUT2D eigenvalue weighted by atomic mass is 10.1. The molecule has 0 aromatic carbocycles. The van der Waals surface area contributed by atoms with E-state index in [9.17, 15) is 4.39 Å². The molecule has 1 aromatic heterocycles. The maximum atomic E-state index is 12.7. The molecule has 10 heavy (non-hydrogen) atoms. The first-order valence-electron chi connectivity index (χ1n) is 3.50. The second-order valence-corrected chi connectivity index (χ2v) is 2.52. The maximum Gasteiger partial charge on any atom is 0.194 e. The Kier molecular flexibility index (Phi) is 1.79. The van der Waals surface area contributed by atoms with Crippen LogP contribution in [0.2, 0.25) is 0 Å². The zero-order valence-corrected chi connectivity index (χ0v) is 6.59. The molecule has 1 N–H and O–H groups in total. The van der Waals surface area contributed by atoms with Crippen LogP contribution in [0.4, 0.5) is 4.39 Å². The van der Waals surface area contributed by atoms with Gasteiger partial charge in [-0.05, 0) is 25.8 Å². The van der Waals surface area contributed by atoms with Crippen molar-refractivity contribution in [1.29, 1.82) is 0 Å². The highest BCUT2D eigenvalue weighted by molar-refractivity contribution is 5.29. The van der Waals surface area contributed by atoms with Gasteiger partial charge in [0.15, 0.2) is 5.95 Å². The molecule has 1 nitrogen and oxygen atoms in total. The van der Waals surface area contributed by atoms with Gasteiger partial charge in [-0.2, -0.15) is 4.39 Å². The summed E-state index contributed by atoms with van der Waals surface area (Å²) in [6, 6.07) is 0. The summed E-state index contributed by atoms with van der Waals surface area (Å²) in [5.41, 5.74) is 2.83. The largest absolute Gasteiger partial charge is 0.335 e. The topological polar surface area (TPSA) is 15.8 Å². The average Bonchev–Trinajstić information content (AvgIpc) is 2.09. The van der Waals surface area contributed by atoms with Gasteiger partial charge in [-0.3, -0.25) is 0 Å². The third-order valence-electron chi connectivity index (χ3n) is 1.89. The Labute approximate surface area is 60.3 Å². The zero-order chi connectivity index (χ0) is 7.72. The summed E-state index contributed by atoms with van der Waals surface area (Å²) >= 11 is 0. The summed E-state index contributed by atoms with van der Waals surface area (Å²) in [7, 11) is 0. The quantitative estimate of drug-likeness (QED) is 0.617. The Morgan fingerprint density at radius 3 is 2.20 bits per heavy atom. The van der Waals surface area contributed by atoms with Crippen molar-refractivity contribution < 1.29 is 4.39 Å². The van der Waals surface area contributed by atoms with E-state index in [0.29, 0.717) is 0 Å². The fraction of sp³-hybridized carbons (Fsp3) is 0.500. The molecule has 0 amide bonds. The van der Waals surface area contributed by atoms with E-state index in [1.54, 1.807) is 6.92 Å². The number of hydrogen-bond acceptors (Lipinski definition) is 0. The predicted molar refractivity (Wildman–Crippen MR) is 39.6 cm³/mol. The highest BCUT2D eigenvalue weighted by atomic mass is 19.1. The number of rotatable bonds is 1. The lowest BCUT2D eigenvalue weighted by molar-refractivity contribution is 0.581. The molecule has 1 rings (SSSR count). The van der Waals surface area contributed by atoms with Gasteiger partial charge in [0.05, 0.1) is 0 Å². The van der Waals surface area contributed by atoms with E-state index in [1.165, 1.54) is 0 Å². The normalized spacial score (nSPS) is 10.4. The summed E-state index contributed by atoms with van der Waals surface area (Å²) in [6.07, 6.45) is 0.901. The number of halogens is 1. The Bertz CT molecular complexity index is 238. The first-order chi connectivity index (χ1) is 4.66. The van der Waals surface area contributed by atoms with E-state index in [0.717, 1.165) is 23.2 Å². The Hall–Kier alpha value is -0.790. The molecule has 0 spiro atoms. The summed E-state index contributed by atoms with van der Waals surface area (Å²) in [4.78, 5) is 2.66. The van der Waals surface area contributed by atoms with Gasteiger partial charge in [-0.1, -0.05) is 6.92 Å². The van der Waals surface area contributed by atoms with Crippen LogP contribution in [0.5, 0.6) is 0 Å². The fourth-order valence-electron chi connectivity index (χ4n) is 1.28. The number of H-pyrrole nitrogens is 1. The third-order valence-corrected chi connectivity index (χ3v) is 1.89. The van der Waals surface area contributed by atoms with Crippen LogP contribution in [0.1, 0.15) is 23.7 Å². The molecule has 0 fully saturated rings. The van der Waals surface area contributed by atoms with Crippen LogP contribution in [0.15, 0.2) is 0 Å². The van der Waals surface area contributed by atoms with Crippen LogP contribution >= 0.6 is 0 Å². The van der Waals surface area contributed by atoms with Gasteiger partial charge in [-0.15, -0.1) is 0 Å². The Balaban J connectivity index is 3.20. The summed E-state index contributed by atoms with van der Waals surface area (Å²) in [5, 5.41) is 0. The van der Waals surface area contributed by atoms with Crippen LogP contribution < -0.4 is 0 Å². The summed E-state index contributed by atoms with van der Waals surface area (Å²) in [5.74, 6) is -0.186. The molecule has 2 heteroatoms. The number of aromatic nitrogens is 1. The molecule has 0 atom stereocenters. The average molecular weight is 141 g/mol. The molecule has 0 unspecified atom stereocenters. The Morgan fingerprint density at radius 1 is 1.40 bits per heavy atom. The number of nitrogens with one attached hydrogen (secondary N) is 1. The standard InChI is InChI=1S/C8H12FN/c1-4-7-5(2)8(9)10-6(7)3/h10H,4H2,1-3H3. The number of aryl methyl sites for hydroxylation is 1. The molecular formula is C8H12FN. The highest BCUT2D eigenvalue weighted by Crippen LogP contribution is 2.16. The molecular weight excluding hydrogens is 129 g/mol. The van der Waals surface area contributed by atoms with Crippen molar-refractivity contribution in [2.45, 2.75) is 27.2 Å². The van der Waals surface area contributed by atoms with E-state index in [1.807, 2.05) is 13.8 Å². The van der Waals surface area contributed by atoms with Crippen molar-refractivity contribution in [3.63, 3.8) is 0 Å². The molecule has 0 aliphatic rings. The van der Waals surface area contributed by atoms with Gasteiger partial charge >= 0.3 is 0 Å². The molecule has 1 heterocycles. The minimum absolute atomic E-state index is 0.186. The van der Waals surface area contributed by atoms with Crippen molar-refractivity contribution in [3.8, 4) is 0 Å². The number of hydrogen-bond donors (Lipinski definition) is 1. The SMILES string of the molecule is CCc1c(C)[nH]c(F)c1C. The van der Waals surface area contributed by atoms with Crippen molar-refractivity contribution in [2.75, 3.05) is 0 Å². The second-order valence-electron chi connectivity index (χ2n) is 2.52. The van der Waals surface area contributed by atoms with Crippen LogP contribution in [0.3, 0.4) is 0 Å². The fourth-order valence-corrected chi connectivity index (χ4v) is 1.28. The molecule has 1 aromatic rings. The van der Waals surface area contributed by atoms with Gasteiger partial charge in [0.25, 0.3) is 0 Å². The zero-order valence-electron chi connectivity index (χ0n) is 6.59. The van der Waals surface area contributed by atoms with Crippen LogP contribution in [-0.2, 0) is 6.42 Å². The van der Waals surface area contributed by atoms with Crippen molar-refractivity contribution >= 4 is 0 Å². The van der Waals surface area contributed by atoms with Gasteiger partial charge in [0, 0.05) is 11.3 Å². The first kappa shape index (κ1) is 7.32. The van der Waals surface area contributed by atoms with E-state index >= 15 is 0 Å². The molecule has 56 valence electrons. The van der Waals surface area contributed by atoms with Gasteiger partial charge in [-0.25, -0.2) is 0 Å². The van der Waals surface area contributed by atoms with Crippen molar-refractivity contribution in [1.82, 2.24) is 4.98 Å². The molecule has 0 aliphatic carbocycles. The van der Waals surface area contributed by atoms with E-state index in [2.05, 4.69) is 4.98 Å². The molecule has 0 saturated carbocycles. The van der Waals surface area contributed by atoms with Gasteiger partial charge < -0.3 is 4.98 Å². The minimum Gasteiger partial charge on any atom is -0.335 e. The van der Waals surface area contributed by atoms with Crippen LogP contribution in [0, 0.1) is 19.8 Å². The highest BCUT2D eigenvalue weighted by Gasteiger charge is 2.07. The molecule has 0 radical (unpaired) electrons. The minimum atomic E-state index is -0.186. The molecule has 0 saturated heterocycles. The summed E-state index contributed by atoms with van der Waals surface area (Å²) in [6.45, 7) is 5.73. The van der Waals surface area contributed by atoms with Gasteiger partial charge in [0.1, 0.15) is 0 Å². The molecule has 0 bridgehead atoms. The van der Waals surface area contributed by atoms with Crippen LogP contribution in [0.25, 0.3) is 0 Å². The van der Waals surface area contributed by atoms with E-state index in [4.69, 9.17) is 0 Å². The lowest BCUT2D eigenvalue weighted by Gasteiger charge is -1.93. The summed E-state index contributed by atoms with van der Waals surface area (Å²) < 4.78 is 12.7. The van der Waals surface area contributed by atoms with Crippen molar-refractivity contribution in [3.05, 3.63) is 22.8 Å². The lowest BCUT2D eigenvalue weighted by Crippen LogP contribution is -1.82. The first-order valence-corrected chi connectivity index (χ1v) is 3.50. The monoisotopic (exact) mass is 141 g/mol. The van der Waals surface area contributed by atoms with Gasteiger partial charge in [0.2, 0.25) is 0 Å². The predicted octanol–water partition coefficient (Wildman–Crippen LogP) is 2.33.